The molecule has 92 valence electrons. The van der Waals surface area contributed by atoms with E-state index in [1.165, 1.54) is 22.4 Å². The lowest BCUT2D eigenvalue weighted by Crippen LogP contribution is -2.17. The quantitative estimate of drug-likeness (QED) is 0.843. The van der Waals surface area contributed by atoms with Gasteiger partial charge in [0.2, 0.25) is 0 Å². The van der Waals surface area contributed by atoms with Crippen LogP contribution < -0.4 is 11.1 Å². The first kappa shape index (κ1) is 11.3. The van der Waals surface area contributed by atoms with Gasteiger partial charge >= 0.3 is 0 Å². The molecule has 18 heavy (non-hydrogen) atoms. The monoisotopic (exact) mass is 238 g/mol. The largest absolute Gasteiger partial charge is 0.385 e. The summed E-state index contributed by atoms with van der Waals surface area (Å²) in [6, 6.07) is 17.3. The second-order valence-electron chi connectivity index (χ2n) is 4.80. The Morgan fingerprint density at radius 2 is 2.00 bits per heavy atom. The number of rotatable bonds is 2. The van der Waals surface area contributed by atoms with Gasteiger partial charge in [0.05, 0.1) is 0 Å². The summed E-state index contributed by atoms with van der Waals surface area (Å²) < 4.78 is 0. The van der Waals surface area contributed by atoms with Crippen molar-refractivity contribution in [3.05, 3.63) is 65.2 Å². The van der Waals surface area contributed by atoms with Gasteiger partial charge in [-0.1, -0.05) is 42.5 Å². The molecule has 0 bridgehead atoms. The van der Waals surface area contributed by atoms with E-state index in [1.807, 2.05) is 0 Å². The van der Waals surface area contributed by atoms with E-state index in [-0.39, 0.29) is 0 Å². The molecule has 2 aromatic carbocycles. The van der Waals surface area contributed by atoms with Crippen LogP contribution >= 0.6 is 0 Å². The van der Waals surface area contributed by atoms with Crippen LogP contribution in [0.25, 0.3) is 0 Å². The Kier molecular flexibility index (Phi) is 3.03. The number of hydrogen-bond acceptors (Lipinski definition) is 2. The molecule has 2 nitrogen and oxygen atoms in total. The molecule has 1 atom stereocenters. The summed E-state index contributed by atoms with van der Waals surface area (Å²) in [6.45, 7) is 1.65. The lowest BCUT2D eigenvalue weighted by Gasteiger charge is -2.27. The molecule has 1 aliphatic rings. The van der Waals surface area contributed by atoms with Crippen molar-refractivity contribution in [1.82, 2.24) is 0 Å². The van der Waals surface area contributed by atoms with Crippen molar-refractivity contribution in [2.45, 2.75) is 18.9 Å². The van der Waals surface area contributed by atoms with Crippen LogP contribution in [-0.2, 0) is 6.54 Å². The van der Waals surface area contributed by atoms with Gasteiger partial charge in [0.15, 0.2) is 0 Å². The maximum Gasteiger partial charge on any atom is 0.0379 e. The predicted molar refractivity (Wildman–Crippen MR) is 75.7 cm³/mol. The fourth-order valence-corrected chi connectivity index (χ4v) is 2.75. The third kappa shape index (κ3) is 2.00. The molecule has 2 aromatic rings. The van der Waals surface area contributed by atoms with Gasteiger partial charge in [-0.05, 0) is 29.2 Å². The van der Waals surface area contributed by atoms with Gasteiger partial charge in [0.25, 0.3) is 0 Å². The molecular formula is C16H18N2. The van der Waals surface area contributed by atoms with Crippen molar-refractivity contribution in [2.24, 2.45) is 5.73 Å². The first-order chi connectivity index (χ1) is 8.88. The van der Waals surface area contributed by atoms with E-state index < -0.39 is 0 Å². The minimum absolute atomic E-state index is 0.494. The second kappa shape index (κ2) is 4.83. The van der Waals surface area contributed by atoms with Crippen LogP contribution in [0, 0.1) is 0 Å². The van der Waals surface area contributed by atoms with Crippen molar-refractivity contribution >= 4 is 5.69 Å². The summed E-state index contributed by atoms with van der Waals surface area (Å²) >= 11 is 0. The molecule has 1 unspecified atom stereocenters. The molecule has 0 fully saturated rings. The normalized spacial score (nSPS) is 17.9. The van der Waals surface area contributed by atoms with Crippen LogP contribution in [0.1, 0.15) is 29.0 Å². The summed E-state index contributed by atoms with van der Waals surface area (Å²) in [4.78, 5) is 0. The lowest BCUT2D eigenvalue weighted by molar-refractivity contribution is 0.719. The number of anilines is 1. The maximum absolute atomic E-state index is 5.73. The SMILES string of the molecule is NCc1cccc(C2CCNc3ccccc32)c1. The molecule has 3 N–H and O–H groups in total. The number of fused-ring (bicyclic) bond motifs is 1. The van der Waals surface area contributed by atoms with Crippen molar-refractivity contribution in [3.63, 3.8) is 0 Å². The van der Waals surface area contributed by atoms with Crippen LogP contribution in [-0.4, -0.2) is 6.54 Å². The molecule has 3 rings (SSSR count). The van der Waals surface area contributed by atoms with Crippen molar-refractivity contribution in [3.8, 4) is 0 Å². The fraction of sp³-hybridized carbons (Fsp3) is 0.250. The lowest BCUT2D eigenvalue weighted by atomic mass is 9.84. The topological polar surface area (TPSA) is 38.0 Å². The van der Waals surface area contributed by atoms with Gasteiger partial charge in [-0.3, -0.25) is 0 Å². The molecule has 0 amide bonds. The average Bonchev–Trinajstić information content (AvgIpc) is 2.47. The highest BCUT2D eigenvalue weighted by atomic mass is 14.9. The van der Waals surface area contributed by atoms with Crippen LogP contribution in [0.15, 0.2) is 48.5 Å². The van der Waals surface area contributed by atoms with Crippen molar-refractivity contribution in [2.75, 3.05) is 11.9 Å². The van der Waals surface area contributed by atoms with E-state index in [0.717, 1.165) is 13.0 Å². The average molecular weight is 238 g/mol. The van der Waals surface area contributed by atoms with Crippen molar-refractivity contribution < 1.29 is 0 Å². The zero-order valence-electron chi connectivity index (χ0n) is 10.4. The smallest absolute Gasteiger partial charge is 0.0379 e. The van der Waals surface area contributed by atoms with E-state index in [1.54, 1.807) is 0 Å². The van der Waals surface area contributed by atoms with Crippen LogP contribution in [0.3, 0.4) is 0 Å². The van der Waals surface area contributed by atoms with Gasteiger partial charge in [-0.15, -0.1) is 0 Å². The molecule has 0 radical (unpaired) electrons. The zero-order chi connectivity index (χ0) is 12.4. The highest BCUT2D eigenvalue weighted by Crippen LogP contribution is 2.36. The minimum atomic E-state index is 0.494. The molecule has 0 aliphatic carbocycles. The summed E-state index contributed by atoms with van der Waals surface area (Å²) in [5.41, 5.74) is 11.0. The summed E-state index contributed by atoms with van der Waals surface area (Å²) in [5, 5.41) is 3.47. The highest BCUT2D eigenvalue weighted by Gasteiger charge is 2.20. The Balaban J connectivity index is 2.02. The van der Waals surface area contributed by atoms with Gasteiger partial charge in [0, 0.05) is 24.7 Å². The van der Waals surface area contributed by atoms with Gasteiger partial charge < -0.3 is 11.1 Å². The standard InChI is InChI=1S/C16H18N2/c17-11-12-4-3-5-13(10-12)14-8-9-18-16-7-2-1-6-15(14)16/h1-7,10,14,18H,8-9,11,17H2. The molecule has 0 spiro atoms. The first-order valence-corrected chi connectivity index (χ1v) is 6.50. The van der Waals surface area contributed by atoms with E-state index in [9.17, 15) is 0 Å². The van der Waals surface area contributed by atoms with Crippen LogP contribution in [0.4, 0.5) is 5.69 Å². The number of nitrogens with two attached hydrogens (primary N) is 1. The molecule has 1 heterocycles. The molecule has 2 heteroatoms. The third-order valence-electron chi connectivity index (χ3n) is 3.67. The Bertz CT molecular complexity index is 548. The zero-order valence-corrected chi connectivity index (χ0v) is 10.4. The number of nitrogens with one attached hydrogen (secondary N) is 1. The first-order valence-electron chi connectivity index (χ1n) is 6.50. The van der Waals surface area contributed by atoms with Gasteiger partial charge in [-0.25, -0.2) is 0 Å². The molecular weight excluding hydrogens is 220 g/mol. The Labute approximate surface area is 108 Å². The second-order valence-corrected chi connectivity index (χ2v) is 4.80. The highest BCUT2D eigenvalue weighted by molar-refractivity contribution is 5.57. The minimum Gasteiger partial charge on any atom is -0.385 e. The van der Waals surface area contributed by atoms with E-state index in [2.05, 4.69) is 53.8 Å². The summed E-state index contributed by atoms with van der Waals surface area (Å²) in [7, 11) is 0. The fourth-order valence-electron chi connectivity index (χ4n) is 2.75. The van der Waals surface area contributed by atoms with Crippen LogP contribution in [0.5, 0.6) is 0 Å². The predicted octanol–water partition coefficient (Wildman–Crippen LogP) is 3.09. The third-order valence-corrected chi connectivity index (χ3v) is 3.67. The molecule has 0 aromatic heterocycles. The summed E-state index contributed by atoms with van der Waals surface area (Å²) in [6.07, 6.45) is 1.14. The van der Waals surface area contributed by atoms with Gasteiger partial charge in [-0.2, -0.15) is 0 Å². The van der Waals surface area contributed by atoms with E-state index in [0.29, 0.717) is 12.5 Å². The number of para-hydroxylation sites is 1. The molecule has 0 saturated carbocycles. The van der Waals surface area contributed by atoms with E-state index >= 15 is 0 Å². The Hall–Kier alpha value is -1.80. The maximum atomic E-state index is 5.73. The Morgan fingerprint density at radius 1 is 1.11 bits per heavy atom. The Morgan fingerprint density at radius 3 is 2.89 bits per heavy atom. The van der Waals surface area contributed by atoms with Gasteiger partial charge in [0.1, 0.15) is 0 Å². The number of hydrogen-bond donors (Lipinski definition) is 2. The summed E-state index contributed by atoms with van der Waals surface area (Å²) in [5.74, 6) is 0.494. The van der Waals surface area contributed by atoms with Crippen LogP contribution in [0.2, 0.25) is 0 Å². The number of benzene rings is 2. The molecule has 0 saturated heterocycles. The van der Waals surface area contributed by atoms with Crippen molar-refractivity contribution in [1.29, 1.82) is 0 Å². The van der Waals surface area contributed by atoms with E-state index in [4.69, 9.17) is 5.73 Å². The molecule has 1 aliphatic heterocycles.